The zero-order chi connectivity index (χ0) is 12.0. The first-order valence-electron chi connectivity index (χ1n) is 5.55. The number of rotatable bonds is 6. The summed E-state index contributed by atoms with van der Waals surface area (Å²) in [7, 11) is 3.38. The van der Waals surface area contributed by atoms with Gasteiger partial charge in [0.05, 0.1) is 7.11 Å². The number of hydrogen-bond acceptors (Lipinski definition) is 3. The molecule has 90 valence electrons. The minimum absolute atomic E-state index is 0.0658. The Morgan fingerprint density at radius 1 is 1.19 bits per heavy atom. The molecule has 0 spiro atoms. The van der Waals surface area contributed by atoms with Gasteiger partial charge in [0, 0.05) is 19.8 Å². The van der Waals surface area contributed by atoms with Crippen molar-refractivity contribution < 1.29 is 9.47 Å². The highest BCUT2D eigenvalue weighted by Gasteiger charge is 2.11. The molecule has 0 saturated heterocycles. The van der Waals surface area contributed by atoms with Crippen LogP contribution in [0.4, 0.5) is 0 Å². The molecule has 0 amide bonds. The van der Waals surface area contributed by atoms with Crippen molar-refractivity contribution >= 4 is 0 Å². The van der Waals surface area contributed by atoms with Crippen LogP contribution in [-0.2, 0) is 4.74 Å². The van der Waals surface area contributed by atoms with Crippen LogP contribution in [0.3, 0.4) is 0 Å². The summed E-state index contributed by atoms with van der Waals surface area (Å²) in [4.78, 5) is 0. The van der Waals surface area contributed by atoms with Crippen LogP contribution in [0.5, 0.6) is 5.75 Å². The van der Waals surface area contributed by atoms with E-state index in [0.29, 0.717) is 5.92 Å². The highest BCUT2D eigenvalue weighted by atomic mass is 16.5. The molecule has 3 nitrogen and oxygen atoms in total. The quantitative estimate of drug-likeness (QED) is 0.805. The molecule has 0 bridgehead atoms. The van der Waals surface area contributed by atoms with Gasteiger partial charge >= 0.3 is 0 Å². The number of hydrogen-bond donors (Lipinski definition) is 1. The number of methoxy groups -OCH3 is 2. The summed E-state index contributed by atoms with van der Waals surface area (Å²) in [5.74, 6) is 1.34. The minimum atomic E-state index is 0.0658. The molecule has 0 radical (unpaired) electrons. The van der Waals surface area contributed by atoms with E-state index in [1.165, 1.54) is 0 Å². The first-order valence-corrected chi connectivity index (χ1v) is 5.55. The molecule has 1 rings (SSSR count). The molecule has 2 unspecified atom stereocenters. The lowest BCUT2D eigenvalue weighted by atomic mass is 9.97. The third-order valence-corrected chi connectivity index (χ3v) is 2.65. The van der Waals surface area contributed by atoms with E-state index in [4.69, 9.17) is 15.2 Å². The van der Waals surface area contributed by atoms with Crippen molar-refractivity contribution in [2.45, 2.75) is 19.4 Å². The van der Waals surface area contributed by atoms with Gasteiger partial charge in [0.1, 0.15) is 5.75 Å². The highest BCUT2D eigenvalue weighted by Crippen LogP contribution is 2.21. The largest absolute Gasteiger partial charge is 0.497 e. The van der Waals surface area contributed by atoms with Crippen LogP contribution < -0.4 is 10.5 Å². The molecule has 2 atom stereocenters. The number of ether oxygens (including phenoxy) is 2. The van der Waals surface area contributed by atoms with Crippen LogP contribution in [-0.4, -0.2) is 20.8 Å². The third-order valence-electron chi connectivity index (χ3n) is 2.65. The zero-order valence-electron chi connectivity index (χ0n) is 10.3. The Morgan fingerprint density at radius 3 is 2.31 bits per heavy atom. The summed E-state index contributed by atoms with van der Waals surface area (Å²) < 4.78 is 10.2. The molecule has 0 aliphatic carbocycles. The molecule has 0 aliphatic heterocycles. The van der Waals surface area contributed by atoms with Crippen LogP contribution in [0.1, 0.15) is 24.9 Å². The third kappa shape index (κ3) is 3.83. The molecule has 0 saturated carbocycles. The topological polar surface area (TPSA) is 44.5 Å². The lowest BCUT2D eigenvalue weighted by Gasteiger charge is -2.17. The fourth-order valence-electron chi connectivity index (χ4n) is 1.77. The molecule has 1 aromatic rings. The maximum Gasteiger partial charge on any atom is 0.118 e. The molecule has 0 aromatic heterocycles. The van der Waals surface area contributed by atoms with Crippen molar-refractivity contribution in [3.8, 4) is 5.75 Å². The standard InChI is InChI=1S/C13H21NO2/c1-10(9-15-2)8-13(14)11-4-6-12(16-3)7-5-11/h4-7,10,13H,8-9,14H2,1-3H3. The second kappa shape index (κ2) is 6.51. The van der Waals surface area contributed by atoms with Crippen molar-refractivity contribution in [2.24, 2.45) is 11.7 Å². The van der Waals surface area contributed by atoms with Gasteiger partial charge in [0.25, 0.3) is 0 Å². The van der Waals surface area contributed by atoms with Gasteiger partial charge in [-0.15, -0.1) is 0 Å². The van der Waals surface area contributed by atoms with Gasteiger partial charge in [0.15, 0.2) is 0 Å². The first kappa shape index (κ1) is 13.0. The average molecular weight is 223 g/mol. The Hall–Kier alpha value is -1.06. The molecule has 3 heteroatoms. The average Bonchev–Trinajstić information content (AvgIpc) is 2.29. The lowest BCUT2D eigenvalue weighted by Crippen LogP contribution is -2.16. The summed E-state index contributed by atoms with van der Waals surface area (Å²) in [6, 6.07) is 7.98. The Bertz CT molecular complexity index is 297. The van der Waals surface area contributed by atoms with Crippen molar-refractivity contribution in [1.29, 1.82) is 0 Å². The van der Waals surface area contributed by atoms with Crippen molar-refractivity contribution in [3.63, 3.8) is 0 Å². The second-order valence-electron chi connectivity index (χ2n) is 4.18. The van der Waals surface area contributed by atoms with Crippen molar-refractivity contribution in [1.82, 2.24) is 0 Å². The molecular weight excluding hydrogens is 202 g/mol. The van der Waals surface area contributed by atoms with Crippen LogP contribution in [0, 0.1) is 5.92 Å². The number of benzene rings is 1. The normalized spacial score (nSPS) is 14.5. The summed E-state index contributed by atoms with van der Waals surface area (Å²) in [6.45, 7) is 2.90. The smallest absolute Gasteiger partial charge is 0.118 e. The van der Waals surface area contributed by atoms with Crippen LogP contribution in [0.25, 0.3) is 0 Å². The van der Waals surface area contributed by atoms with Gasteiger partial charge in [-0.05, 0) is 30.0 Å². The first-order chi connectivity index (χ1) is 7.67. The minimum Gasteiger partial charge on any atom is -0.497 e. The Balaban J connectivity index is 2.55. The molecule has 1 aromatic carbocycles. The van der Waals surface area contributed by atoms with Gasteiger partial charge in [-0.2, -0.15) is 0 Å². The van der Waals surface area contributed by atoms with E-state index in [2.05, 4.69) is 6.92 Å². The fraction of sp³-hybridized carbons (Fsp3) is 0.538. The number of nitrogens with two attached hydrogens (primary N) is 1. The van der Waals surface area contributed by atoms with E-state index in [1.54, 1.807) is 14.2 Å². The summed E-state index contributed by atoms with van der Waals surface area (Å²) in [5.41, 5.74) is 7.26. The molecule has 0 fully saturated rings. The Kier molecular flexibility index (Phi) is 5.29. The van der Waals surface area contributed by atoms with Crippen LogP contribution in [0.15, 0.2) is 24.3 Å². The molecule has 16 heavy (non-hydrogen) atoms. The maximum atomic E-state index is 6.12. The van der Waals surface area contributed by atoms with Gasteiger partial charge in [-0.25, -0.2) is 0 Å². The monoisotopic (exact) mass is 223 g/mol. The predicted molar refractivity (Wildman–Crippen MR) is 65.6 cm³/mol. The van der Waals surface area contributed by atoms with E-state index in [9.17, 15) is 0 Å². The molecule has 2 N–H and O–H groups in total. The van der Waals surface area contributed by atoms with Crippen LogP contribution >= 0.6 is 0 Å². The van der Waals surface area contributed by atoms with E-state index in [0.717, 1.165) is 24.3 Å². The zero-order valence-corrected chi connectivity index (χ0v) is 10.3. The summed E-state index contributed by atoms with van der Waals surface area (Å²) in [5, 5.41) is 0. The second-order valence-corrected chi connectivity index (χ2v) is 4.18. The van der Waals surface area contributed by atoms with Crippen molar-refractivity contribution in [2.75, 3.05) is 20.8 Å². The van der Waals surface area contributed by atoms with Gasteiger partial charge in [0.2, 0.25) is 0 Å². The lowest BCUT2D eigenvalue weighted by molar-refractivity contribution is 0.152. The Morgan fingerprint density at radius 2 is 1.81 bits per heavy atom. The molecule has 0 aliphatic rings. The van der Waals surface area contributed by atoms with E-state index in [-0.39, 0.29) is 6.04 Å². The van der Waals surface area contributed by atoms with E-state index >= 15 is 0 Å². The van der Waals surface area contributed by atoms with Gasteiger partial charge in [-0.1, -0.05) is 19.1 Å². The summed E-state index contributed by atoms with van der Waals surface area (Å²) in [6.07, 6.45) is 0.931. The maximum absolute atomic E-state index is 6.12. The fourth-order valence-corrected chi connectivity index (χ4v) is 1.77. The SMILES string of the molecule is COCC(C)CC(N)c1ccc(OC)cc1. The van der Waals surface area contributed by atoms with Gasteiger partial charge in [-0.3, -0.25) is 0 Å². The predicted octanol–water partition coefficient (Wildman–Crippen LogP) is 2.37. The van der Waals surface area contributed by atoms with Crippen molar-refractivity contribution in [3.05, 3.63) is 29.8 Å². The van der Waals surface area contributed by atoms with E-state index < -0.39 is 0 Å². The van der Waals surface area contributed by atoms with Crippen LogP contribution in [0.2, 0.25) is 0 Å². The van der Waals surface area contributed by atoms with E-state index in [1.807, 2.05) is 24.3 Å². The molecular formula is C13H21NO2. The Labute approximate surface area is 97.6 Å². The highest BCUT2D eigenvalue weighted by molar-refractivity contribution is 5.28. The molecule has 0 heterocycles. The van der Waals surface area contributed by atoms with Gasteiger partial charge < -0.3 is 15.2 Å². The summed E-state index contributed by atoms with van der Waals surface area (Å²) >= 11 is 0.